The summed E-state index contributed by atoms with van der Waals surface area (Å²) in [7, 11) is 0. The number of halogens is 1. The molecule has 0 aliphatic heterocycles. The molecule has 0 spiro atoms. The number of carbonyl (C=O) groups excluding carboxylic acids is 1. The van der Waals surface area contributed by atoms with E-state index in [9.17, 15) is 9.18 Å². The zero-order valence-corrected chi connectivity index (χ0v) is 9.52. The summed E-state index contributed by atoms with van der Waals surface area (Å²) in [5, 5.41) is 2.80. The molecule has 1 amide bonds. The zero-order chi connectivity index (χ0) is 11.6. The number of benzene rings is 1. The quantitative estimate of drug-likeness (QED) is 0.757. The van der Waals surface area contributed by atoms with E-state index in [-0.39, 0.29) is 17.3 Å². The first-order valence-electron chi connectivity index (χ1n) is 4.89. The van der Waals surface area contributed by atoms with Gasteiger partial charge in [-0.05, 0) is 45.4 Å². The Hall–Kier alpha value is -1.38. The fraction of sp³-hybridized carbons (Fsp3) is 0.417. The molecule has 0 saturated carbocycles. The summed E-state index contributed by atoms with van der Waals surface area (Å²) in [5.74, 6) is -0.587. The Bertz CT molecular complexity index is 380. The third-order valence-corrected chi connectivity index (χ3v) is 2.00. The first-order valence-corrected chi connectivity index (χ1v) is 4.89. The Kier molecular flexibility index (Phi) is 3.12. The van der Waals surface area contributed by atoms with Crippen LogP contribution >= 0.6 is 0 Å². The van der Waals surface area contributed by atoms with Crippen molar-refractivity contribution >= 4 is 5.91 Å². The van der Waals surface area contributed by atoms with Crippen molar-refractivity contribution in [2.75, 3.05) is 0 Å². The molecule has 0 radical (unpaired) electrons. The highest BCUT2D eigenvalue weighted by atomic mass is 19.1. The third kappa shape index (κ3) is 3.05. The molecule has 82 valence electrons. The van der Waals surface area contributed by atoms with Crippen molar-refractivity contribution < 1.29 is 9.18 Å². The maximum atomic E-state index is 13.2. The number of amides is 1. The van der Waals surface area contributed by atoms with E-state index in [4.69, 9.17) is 0 Å². The summed E-state index contributed by atoms with van der Waals surface area (Å²) in [4.78, 5) is 11.8. The van der Waals surface area contributed by atoms with Gasteiger partial charge in [0.25, 0.3) is 5.91 Å². The van der Waals surface area contributed by atoms with Crippen LogP contribution in [0.25, 0.3) is 0 Å². The van der Waals surface area contributed by atoms with Crippen LogP contribution in [-0.2, 0) is 0 Å². The molecule has 1 rings (SSSR count). The fourth-order valence-corrected chi connectivity index (χ4v) is 1.26. The first kappa shape index (κ1) is 11.7. The van der Waals surface area contributed by atoms with Crippen LogP contribution in [0.15, 0.2) is 18.2 Å². The predicted molar refractivity (Wildman–Crippen MR) is 58.4 cm³/mol. The highest BCUT2D eigenvalue weighted by Gasteiger charge is 2.17. The molecule has 3 heteroatoms. The summed E-state index contributed by atoms with van der Waals surface area (Å²) in [6, 6.07) is 4.52. The van der Waals surface area contributed by atoms with Gasteiger partial charge in [-0.15, -0.1) is 0 Å². The summed E-state index contributed by atoms with van der Waals surface area (Å²) in [6.45, 7) is 7.27. The Morgan fingerprint density at radius 2 is 1.93 bits per heavy atom. The molecule has 15 heavy (non-hydrogen) atoms. The largest absolute Gasteiger partial charge is 0.347 e. The number of hydrogen-bond acceptors (Lipinski definition) is 1. The van der Waals surface area contributed by atoms with Gasteiger partial charge < -0.3 is 5.32 Å². The van der Waals surface area contributed by atoms with E-state index in [1.807, 2.05) is 20.8 Å². The van der Waals surface area contributed by atoms with Gasteiger partial charge in [0.15, 0.2) is 0 Å². The maximum Gasteiger partial charge on any atom is 0.252 e. The lowest BCUT2D eigenvalue weighted by atomic mass is 10.0. The van der Waals surface area contributed by atoms with Gasteiger partial charge >= 0.3 is 0 Å². The SMILES string of the molecule is Cc1c(F)cccc1C(=O)NC(C)(C)C. The van der Waals surface area contributed by atoms with Crippen molar-refractivity contribution in [3.8, 4) is 0 Å². The van der Waals surface area contributed by atoms with Crippen LogP contribution in [0.5, 0.6) is 0 Å². The van der Waals surface area contributed by atoms with E-state index in [1.54, 1.807) is 19.1 Å². The molecule has 0 aliphatic carbocycles. The molecule has 0 heterocycles. The van der Waals surface area contributed by atoms with Crippen molar-refractivity contribution in [1.82, 2.24) is 5.32 Å². The van der Waals surface area contributed by atoms with Crippen molar-refractivity contribution in [1.29, 1.82) is 0 Å². The molecule has 1 aromatic carbocycles. The van der Waals surface area contributed by atoms with Gasteiger partial charge in [-0.3, -0.25) is 4.79 Å². The molecule has 0 saturated heterocycles. The lowest BCUT2D eigenvalue weighted by Gasteiger charge is -2.21. The van der Waals surface area contributed by atoms with E-state index in [1.165, 1.54) is 6.07 Å². The van der Waals surface area contributed by atoms with E-state index < -0.39 is 0 Å². The van der Waals surface area contributed by atoms with Crippen LogP contribution in [0.1, 0.15) is 36.7 Å². The van der Waals surface area contributed by atoms with Crippen molar-refractivity contribution in [3.05, 3.63) is 35.1 Å². The third-order valence-electron chi connectivity index (χ3n) is 2.00. The Morgan fingerprint density at radius 1 is 1.33 bits per heavy atom. The average Bonchev–Trinajstić information content (AvgIpc) is 2.06. The summed E-state index contributed by atoms with van der Waals surface area (Å²) in [6.07, 6.45) is 0. The van der Waals surface area contributed by atoms with Gasteiger partial charge in [0, 0.05) is 11.1 Å². The lowest BCUT2D eigenvalue weighted by Crippen LogP contribution is -2.40. The molecular weight excluding hydrogens is 193 g/mol. The van der Waals surface area contributed by atoms with Gasteiger partial charge in [-0.1, -0.05) is 6.07 Å². The Balaban J connectivity index is 2.97. The van der Waals surface area contributed by atoms with Gasteiger partial charge in [0.1, 0.15) is 5.82 Å². The summed E-state index contributed by atoms with van der Waals surface area (Å²) in [5.41, 5.74) is 0.472. The number of rotatable bonds is 1. The minimum Gasteiger partial charge on any atom is -0.347 e. The molecule has 2 nitrogen and oxygen atoms in total. The smallest absolute Gasteiger partial charge is 0.252 e. The molecule has 0 aromatic heterocycles. The number of carbonyl (C=O) groups is 1. The molecule has 1 aromatic rings. The second kappa shape index (κ2) is 4.01. The van der Waals surface area contributed by atoms with Crippen LogP contribution in [0.4, 0.5) is 4.39 Å². The molecular formula is C12H16FNO. The molecule has 0 bridgehead atoms. The van der Waals surface area contributed by atoms with Crippen molar-refractivity contribution in [3.63, 3.8) is 0 Å². The summed E-state index contributed by atoms with van der Waals surface area (Å²) >= 11 is 0. The standard InChI is InChI=1S/C12H16FNO/c1-8-9(6-5-7-10(8)13)11(15)14-12(2,3)4/h5-7H,1-4H3,(H,14,15). The second-order valence-electron chi connectivity index (χ2n) is 4.62. The normalized spacial score (nSPS) is 11.3. The van der Waals surface area contributed by atoms with E-state index >= 15 is 0 Å². The average molecular weight is 209 g/mol. The lowest BCUT2D eigenvalue weighted by molar-refractivity contribution is 0.0918. The van der Waals surface area contributed by atoms with Gasteiger partial charge in [0.2, 0.25) is 0 Å². The Morgan fingerprint density at radius 3 is 2.47 bits per heavy atom. The van der Waals surface area contributed by atoms with Crippen molar-refractivity contribution in [2.45, 2.75) is 33.2 Å². The number of nitrogens with one attached hydrogen (secondary N) is 1. The Labute approximate surface area is 89.5 Å². The topological polar surface area (TPSA) is 29.1 Å². The molecule has 0 fully saturated rings. The second-order valence-corrected chi connectivity index (χ2v) is 4.62. The van der Waals surface area contributed by atoms with Crippen molar-refractivity contribution in [2.24, 2.45) is 0 Å². The van der Waals surface area contributed by atoms with Crippen LogP contribution in [0.3, 0.4) is 0 Å². The van der Waals surface area contributed by atoms with Crippen LogP contribution in [0.2, 0.25) is 0 Å². The molecule has 0 unspecified atom stereocenters. The van der Waals surface area contributed by atoms with E-state index in [0.717, 1.165) is 0 Å². The fourth-order valence-electron chi connectivity index (χ4n) is 1.26. The molecule has 1 N–H and O–H groups in total. The minimum absolute atomic E-state index is 0.237. The maximum absolute atomic E-state index is 13.2. The zero-order valence-electron chi connectivity index (χ0n) is 9.52. The van der Waals surface area contributed by atoms with E-state index in [2.05, 4.69) is 5.32 Å². The highest BCUT2D eigenvalue weighted by Crippen LogP contribution is 2.13. The van der Waals surface area contributed by atoms with Crippen LogP contribution < -0.4 is 5.32 Å². The predicted octanol–water partition coefficient (Wildman–Crippen LogP) is 2.66. The molecule has 0 atom stereocenters. The first-order chi connectivity index (χ1) is 6.81. The summed E-state index contributed by atoms with van der Waals surface area (Å²) < 4.78 is 13.2. The van der Waals surface area contributed by atoms with Gasteiger partial charge in [-0.25, -0.2) is 4.39 Å². The van der Waals surface area contributed by atoms with Gasteiger partial charge in [-0.2, -0.15) is 0 Å². The van der Waals surface area contributed by atoms with Crippen LogP contribution in [0, 0.1) is 12.7 Å². The molecule has 0 aliphatic rings. The van der Waals surface area contributed by atoms with Gasteiger partial charge in [0.05, 0.1) is 0 Å². The highest BCUT2D eigenvalue weighted by molar-refractivity contribution is 5.96. The monoisotopic (exact) mass is 209 g/mol. The van der Waals surface area contributed by atoms with E-state index in [0.29, 0.717) is 11.1 Å². The minimum atomic E-state index is -0.350. The van der Waals surface area contributed by atoms with Crippen LogP contribution in [-0.4, -0.2) is 11.4 Å². The number of hydrogen-bond donors (Lipinski definition) is 1.